The van der Waals surface area contributed by atoms with Crippen LogP contribution in [0.4, 0.5) is 5.69 Å². The molecule has 30 heavy (non-hydrogen) atoms. The summed E-state index contributed by atoms with van der Waals surface area (Å²) in [7, 11) is -3.93. The van der Waals surface area contributed by atoms with Crippen LogP contribution in [-0.4, -0.2) is 21.4 Å². The molecule has 0 aromatic heterocycles. The second kappa shape index (κ2) is 7.84. The zero-order chi connectivity index (χ0) is 21.3. The van der Waals surface area contributed by atoms with Gasteiger partial charge in [-0.05, 0) is 79.9 Å². The molecule has 0 bridgehead atoms. The number of nitrogens with zero attached hydrogens (tertiary/aromatic N) is 1. The Morgan fingerprint density at radius 2 is 1.57 bits per heavy atom. The van der Waals surface area contributed by atoms with Gasteiger partial charge in [-0.1, -0.05) is 17.7 Å². The van der Waals surface area contributed by atoms with Crippen molar-refractivity contribution in [3.8, 4) is 17.2 Å². The van der Waals surface area contributed by atoms with Gasteiger partial charge in [-0.25, -0.2) is 0 Å². The fourth-order valence-corrected chi connectivity index (χ4v) is 4.81. The highest BCUT2D eigenvalue weighted by molar-refractivity contribution is 7.87. The molecule has 3 aromatic carbocycles. The van der Waals surface area contributed by atoms with Gasteiger partial charge < -0.3 is 13.7 Å². The summed E-state index contributed by atoms with van der Waals surface area (Å²) < 4.78 is 41.5. The molecule has 7 heteroatoms. The zero-order valence-electron chi connectivity index (χ0n) is 16.9. The first-order valence-corrected chi connectivity index (χ1v) is 10.8. The Kier molecular flexibility index (Phi) is 5.22. The third kappa shape index (κ3) is 4.16. The molecule has 4 rings (SSSR count). The molecule has 6 nitrogen and oxygen atoms in total. The molecule has 1 aliphatic heterocycles. The maximum atomic E-state index is 12.8. The first-order chi connectivity index (χ1) is 14.3. The van der Waals surface area contributed by atoms with Crippen LogP contribution in [0.3, 0.4) is 0 Å². The summed E-state index contributed by atoms with van der Waals surface area (Å²) in [5.74, 6) is 1.64. The van der Waals surface area contributed by atoms with Crippen LogP contribution in [0.15, 0.2) is 64.5 Å². The van der Waals surface area contributed by atoms with E-state index < -0.39 is 10.1 Å². The van der Waals surface area contributed by atoms with Crippen molar-refractivity contribution in [2.24, 2.45) is 4.99 Å². The third-order valence-electron chi connectivity index (χ3n) is 4.66. The van der Waals surface area contributed by atoms with E-state index in [1.54, 1.807) is 44.3 Å². The van der Waals surface area contributed by atoms with Gasteiger partial charge in [0, 0.05) is 6.21 Å². The molecule has 1 heterocycles. The molecule has 0 fully saturated rings. The predicted octanol–water partition coefficient (Wildman–Crippen LogP) is 4.86. The van der Waals surface area contributed by atoms with Crippen molar-refractivity contribution in [2.75, 3.05) is 6.79 Å². The van der Waals surface area contributed by atoms with Crippen LogP contribution >= 0.6 is 0 Å². The molecule has 0 radical (unpaired) electrons. The Bertz CT molecular complexity index is 1210. The molecule has 0 N–H and O–H groups in total. The van der Waals surface area contributed by atoms with Crippen LogP contribution in [0.2, 0.25) is 0 Å². The summed E-state index contributed by atoms with van der Waals surface area (Å²) in [4.78, 5) is 4.62. The lowest BCUT2D eigenvalue weighted by Crippen LogP contribution is -2.13. The lowest BCUT2D eigenvalue weighted by atomic mass is 10.1. The van der Waals surface area contributed by atoms with Gasteiger partial charge in [-0.3, -0.25) is 4.99 Å². The first kappa shape index (κ1) is 20.0. The number of aryl methyl sites for hydroxylation is 3. The molecule has 0 atom stereocenters. The molecule has 0 saturated carbocycles. The molecule has 3 aromatic rings. The fourth-order valence-electron chi connectivity index (χ4n) is 3.46. The van der Waals surface area contributed by atoms with Gasteiger partial charge in [-0.2, -0.15) is 8.42 Å². The zero-order valence-corrected chi connectivity index (χ0v) is 17.7. The summed E-state index contributed by atoms with van der Waals surface area (Å²) in [5, 5.41) is 0. The van der Waals surface area contributed by atoms with Crippen molar-refractivity contribution in [2.45, 2.75) is 25.7 Å². The van der Waals surface area contributed by atoms with E-state index in [9.17, 15) is 8.42 Å². The smallest absolute Gasteiger partial charge is 0.339 e. The van der Waals surface area contributed by atoms with Gasteiger partial charge in [-0.15, -0.1) is 0 Å². The van der Waals surface area contributed by atoms with Crippen molar-refractivity contribution >= 4 is 22.0 Å². The van der Waals surface area contributed by atoms with E-state index in [0.29, 0.717) is 28.3 Å². The maximum Gasteiger partial charge on any atom is 0.339 e. The van der Waals surface area contributed by atoms with Gasteiger partial charge in [0.1, 0.15) is 10.6 Å². The molecule has 0 spiro atoms. The number of ether oxygens (including phenoxy) is 2. The summed E-state index contributed by atoms with van der Waals surface area (Å²) in [6.07, 6.45) is 1.70. The van der Waals surface area contributed by atoms with Crippen molar-refractivity contribution < 1.29 is 22.1 Å². The molecule has 0 amide bonds. The maximum absolute atomic E-state index is 12.8. The minimum absolute atomic E-state index is 0.206. The highest BCUT2D eigenvalue weighted by atomic mass is 32.2. The molecular weight excluding hydrogens is 402 g/mol. The predicted molar refractivity (Wildman–Crippen MR) is 115 cm³/mol. The highest BCUT2D eigenvalue weighted by Gasteiger charge is 2.22. The Morgan fingerprint density at radius 1 is 0.900 bits per heavy atom. The number of aliphatic imine (C=N–C) groups is 1. The van der Waals surface area contributed by atoms with Gasteiger partial charge in [0.2, 0.25) is 6.79 Å². The van der Waals surface area contributed by atoms with Crippen molar-refractivity contribution in [1.82, 2.24) is 0 Å². The fraction of sp³-hybridized carbons (Fsp3) is 0.174. The number of fused-ring (bicyclic) bond motifs is 1. The summed E-state index contributed by atoms with van der Waals surface area (Å²) >= 11 is 0. The van der Waals surface area contributed by atoms with Crippen LogP contribution in [-0.2, 0) is 10.1 Å². The number of hydrogen-bond acceptors (Lipinski definition) is 6. The first-order valence-electron chi connectivity index (χ1n) is 9.38. The van der Waals surface area contributed by atoms with E-state index in [1.807, 2.05) is 37.3 Å². The molecule has 154 valence electrons. The van der Waals surface area contributed by atoms with E-state index in [1.165, 1.54) is 0 Å². The van der Waals surface area contributed by atoms with Gasteiger partial charge in [0.05, 0.1) is 5.69 Å². The standard InChI is InChI=1S/C23H21NO5S/c1-15-10-16(2)23(17(3)11-15)30(25,26)29-20-7-5-19(6-8-20)24-13-18-4-9-21-22(12-18)28-14-27-21/h4-13H,14H2,1-3H3/b24-13+. The molecule has 1 aliphatic rings. The SMILES string of the molecule is Cc1cc(C)c(S(=O)(=O)Oc2ccc(/N=C/c3ccc4c(c3)OCO4)cc2)c(C)c1. The Labute approximate surface area is 175 Å². The Hall–Kier alpha value is -3.32. The van der Waals surface area contributed by atoms with E-state index in [4.69, 9.17) is 13.7 Å². The topological polar surface area (TPSA) is 74.2 Å². The molecule has 0 unspecified atom stereocenters. The average Bonchev–Trinajstić information content (AvgIpc) is 3.14. The van der Waals surface area contributed by atoms with E-state index >= 15 is 0 Å². The van der Waals surface area contributed by atoms with Gasteiger partial charge in [0.25, 0.3) is 0 Å². The quantitative estimate of drug-likeness (QED) is 0.433. The van der Waals surface area contributed by atoms with Crippen LogP contribution in [0.1, 0.15) is 22.3 Å². The van der Waals surface area contributed by atoms with Gasteiger partial charge >= 0.3 is 10.1 Å². The van der Waals surface area contributed by atoms with Crippen molar-refractivity contribution in [1.29, 1.82) is 0 Å². The Morgan fingerprint density at radius 3 is 2.27 bits per heavy atom. The lowest BCUT2D eigenvalue weighted by molar-refractivity contribution is 0.174. The normalized spacial score (nSPS) is 13.0. The third-order valence-corrected chi connectivity index (χ3v) is 6.21. The van der Waals surface area contributed by atoms with Gasteiger partial charge in [0.15, 0.2) is 11.5 Å². The lowest BCUT2D eigenvalue weighted by Gasteiger charge is -2.13. The van der Waals surface area contributed by atoms with E-state index in [-0.39, 0.29) is 17.4 Å². The largest absolute Gasteiger partial charge is 0.454 e. The number of rotatable bonds is 5. The Balaban J connectivity index is 1.50. The number of benzene rings is 3. The average molecular weight is 423 g/mol. The number of hydrogen-bond donors (Lipinski definition) is 0. The second-order valence-corrected chi connectivity index (χ2v) is 8.61. The summed E-state index contributed by atoms with van der Waals surface area (Å²) in [5.41, 5.74) is 3.87. The second-order valence-electron chi connectivity index (χ2n) is 7.13. The minimum atomic E-state index is -3.93. The molecular formula is C23H21NO5S. The molecule has 0 aliphatic carbocycles. The van der Waals surface area contributed by atoms with Crippen molar-refractivity contribution in [3.05, 3.63) is 76.9 Å². The summed E-state index contributed by atoms with van der Waals surface area (Å²) in [6.45, 7) is 5.69. The monoisotopic (exact) mass is 423 g/mol. The van der Waals surface area contributed by atoms with Crippen LogP contribution in [0.5, 0.6) is 17.2 Å². The van der Waals surface area contributed by atoms with E-state index in [2.05, 4.69) is 4.99 Å². The van der Waals surface area contributed by atoms with E-state index in [0.717, 1.165) is 11.1 Å². The van der Waals surface area contributed by atoms with Crippen molar-refractivity contribution in [3.63, 3.8) is 0 Å². The van der Waals surface area contributed by atoms with Crippen LogP contribution in [0, 0.1) is 20.8 Å². The molecule has 0 saturated heterocycles. The van der Waals surface area contributed by atoms with Crippen LogP contribution < -0.4 is 13.7 Å². The van der Waals surface area contributed by atoms with Crippen LogP contribution in [0.25, 0.3) is 0 Å². The highest BCUT2D eigenvalue weighted by Crippen LogP contribution is 2.32. The summed E-state index contributed by atoms with van der Waals surface area (Å²) in [6, 6.07) is 15.8. The minimum Gasteiger partial charge on any atom is -0.454 e.